The Hall–Kier alpha value is -1.96. The van der Waals surface area contributed by atoms with Crippen molar-refractivity contribution in [3.8, 4) is 11.9 Å². The number of nitriles is 1. The molecule has 0 saturated heterocycles. The van der Waals surface area contributed by atoms with E-state index in [-0.39, 0.29) is 5.92 Å². The second-order valence-corrected chi connectivity index (χ2v) is 3.68. The van der Waals surface area contributed by atoms with Crippen LogP contribution in [0.25, 0.3) is 0 Å². The molecule has 0 bridgehead atoms. The Labute approximate surface area is 95.4 Å². The Morgan fingerprint density at radius 2 is 2.31 bits per heavy atom. The molecule has 0 spiro atoms. The first-order valence-corrected chi connectivity index (χ1v) is 4.99. The SMILES string of the molecule is COc1ccc(N)c(N(C)CC(C)C#N)n1. The molecule has 0 aliphatic carbocycles. The van der Waals surface area contributed by atoms with Crippen LogP contribution in [0.4, 0.5) is 11.5 Å². The molecule has 2 N–H and O–H groups in total. The van der Waals surface area contributed by atoms with Gasteiger partial charge in [-0.3, -0.25) is 0 Å². The zero-order chi connectivity index (χ0) is 12.1. The van der Waals surface area contributed by atoms with E-state index >= 15 is 0 Å². The number of nitrogens with two attached hydrogens (primary N) is 1. The summed E-state index contributed by atoms with van der Waals surface area (Å²) in [4.78, 5) is 6.10. The monoisotopic (exact) mass is 220 g/mol. The zero-order valence-electron chi connectivity index (χ0n) is 9.77. The van der Waals surface area contributed by atoms with Gasteiger partial charge in [0.05, 0.1) is 24.8 Å². The smallest absolute Gasteiger partial charge is 0.215 e. The van der Waals surface area contributed by atoms with Crippen molar-refractivity contribution in [3.05, 3.63) is 12.1 Å². The fourth-order valence-electron chi connectivity index (χ4n) is 1.40. The highest BCUT2D eigenvalue weighted by atomic mass is 16.5. The molecule has 86 valence electrons. The van der Waals surface area contributed by atoms with Gasteiger partial charge in [-0.25, -0.2) is 0 Å². The number of nitrogen functional groups attached to an aromatic ring is 1. The van der Waals surface area contributed by atoms with Crippen molar-refractivity contribution in [1.82, 2.24) is 4.98 Å². The molecule has 1 aromatic rings. The van der Waals surface area contributed by atoms with E-state index in [4.69, 9.17) is 15.7 Å². The summed E-state index contributed by atoms with van der Waals surface area (Å²) in [5.41, 5.74) is 6.40. The molecule has 1 unspecified atom stereocenters. The third-order valence-corrected chi connectivity index (χ3v) is 2.22. The van der Waals surface area contributed by atoms with Crippen LogP contribution >= 0.6 is 0 Å². The van der Waals surface area contributed by atoms with Crippen molar-refractivity contribution in [2.75, 3.05) is 31.3 Å². The molecular formula is C11H16N4O. The maximum atomic E-state index is 8.75. The fourth-order valence-corrected chi connectivity index (χ4v) is 1.40. The Balaban J connectivity index is 2.90. The lowest BCUT2D eigenvalue weighted by atomic mass is 10.2. The van der Waals surface area contributed by atoms with E-state index < -0.39 is 0 Å². The minimum atomic E-state index is -0.0719. The summed E-state index contributed by atoms with van der Waals surface area (Å²) < 4.78 is 5.03. The molecule has 1 aromatic heterocycles. The molecule has 0 radical (unpaired) electrons. The molecule has 5 heteroatoms. The average Bonchev–Trinajstić information content (AvgIpc) is 2.29. The van der Waals surface area contributed by atoms with Gasteiger partial charge in [-0.05, 0) is 13.0 Å². The number of rotatable bonds is 4. The zero-order valence-corrected chi connectivity index (χ0v) is 9.77. The van der Waals surface area contributed by atoms with Crippen molar-refractivity contribution in [2.45, 2.75) is 6.92 Å². The highest BCUT2D eigenvalue weighted by molar-refractivity contribution is 5.63. The van der Waals surface area contributed by atoms with Gasteiger partial charge in [-0.2, -0.15) is 10.2 Å². The molecule has 0 amide bonds. The molecular weight excluding hydrogens is 204 g/mol. The molecule has 0 aliphatic heterocycles. The lowest BCUT2D eigenvalue weighted by Gasteiger charge is -2.21. The summed E-state index contributed by atoms with van der Waals surface area (Å²) in [5.74, 6) is 1.08. The predicted octanol–water partition coefficient (Wildman–Crippen LogP) is 1.27. The number of aromatic nitrogens is 1. The average molecular weight is 220 g/mol. The summed E-state index contributed by atoms with van der Waals surface area (Å²) in [6, 6.07) is 5.63. The van der Waals surface area contributed by atoms with Crippen molar-refractivity contribution in [1.29, 1.82) is 5.26 Å². The molecule has 16 heavy (non-hydrogen) atoms. The number of hydrogen-bond donors (Lipinski definition) is 1. The van der Waals surface area contributed by atoms with Gasteiger partial charge < -0.3 is 15.4 Å². The van der Waals surface area contributed by atoms with Crippen LogP contribution in [0.5, 0.6) is 5.88 Å². The molecule has 5 nitrogen and oxygen atoms in total. The van der Waals surface area contributed by atoms with Gasteiger partial charge in [-0.15, -0.1) is 0 Å². The summed E-state index contributed by atoms with van der Waals surface area (Å²) in [6.45, 7) is 2.44. The van der Waals surface area contributed by atoms with Gasteiger partial charge in [0.15, 0.2) is 5.82 Å². The van der Waals surface area contributed by atoms with E-state index in [2.05, 4.69) is 11.1 Å². The van der Waals surface area contributed by atoms with Crippen LogP contribution in [-0.2, 0) is 0 Å². The predicted molar refractivity (Wildman–Crippen MR) is 63.2 cm³/mol. The van der Waals surface area contributed by atoms with E-state index in [9.17, 15) is 0 Å². The Bertz CT molecular complexity index is 399. The van der Waals surface area contributed by atoms with E-state index in [1.54, 1.807) is 19.2 Å². The number of methoxy groups -OCH3 is 1. The maximum absolute atomic E-state index is 8.75. The number of pyridine rings is 1. The molecule has 0 fully saturated rings. The standard InChI is InChI=1S/C11H16N4O/c1-8(6-12)7-15(2)11-9(13)4-5-10(14-11)16-3/h4-5,8H,7,13H2,1-3H3. The highest BCUT2D eigenvalue weighted by Gasteiger charge is 2.11. The van der Waals surface area contributed by atoms with E-state index in [1.165, 1.54) is 0 Å². The minimum Gasteiger partial charge on any atom is -0.481 e. The summed E-state index contributed by atoms with van der Waals surface area (Å²) in [7, 11) is 3.41. The van der Waals surface area contributed by atoms with Gasteiger partial charge in [0.1, 0.15) is 0 Å². The second-order valence-electron chi connectivity index (χ2n) is 3.68. The number of ether oxygens (including phenoxy) is 1. The first kappa shape index (κ1) is 12.1. The first-order chi connectivity index (χ1) is 7.58. The number of hydrogen-bond acceptors (Lipinski definition) is 5. The number of anilines is 2. The van der Waals surface area contributed by atoms with Gasteiger partial charge in [0, 0.05) is 19.7 Å². The highest BCUT2D eigenvalue weighted by Crippen LogP contribution is 2.23. The van der Waals surface area contributed by atoms with E-state index in [0.29, 0.717) is 23.9 Å². The number of nitrogens with zero attached hydrogens (tertiary/aromatic N) is 3. The summed E-state index contributed by atoms with van der Waals surface area (Å²) in [6.07, 6.45) is 0. The lowest BCUT2D eigenvalue weighted by molar-refractivity contribution is 0.398. The normalized spacial score (nSPS) is 11.6. The summed E-state index contributed by atoms with van der Waals surface area (Å²) >= 11 is 0. The topological polar surface area (TPSA) is 75.2 Å². The van der Waals surface area contributed by atoms with Crippen LogP contribution < -0.4 is 15.4 Å². The molecule has 1 atom stereocenters. The van der Waals surface area contributed by atoms with E-state index in [1.807, 2.05) is 18.9 Å². The van der Waals surface area contributed by atoms with Crippen LogP contribution in [0.2, 0.25) is 0 Å². The van der Waals surface area contributed by atoms with Gasteiger partial charge in [-0.1, -0.05) is 0 Å². The van der Waals surface area contributed by atoms with Crippen LogP contribution in [-0.4, -0.2) is 25.7 Å². The van der Waals surface area contributed by atoms with Crippen LogP contribution in [0.15, 0.2) is 12.1 Å². The van der Waals surface area contributed by atoms with Gasteiger partial charge in [0.25, 0.3) is 0 Å². The molecule has 0 aromatic carbocycles. The quantitative estimate of drug-likeness (QED) is 0.827. The summed E-state index contributed by atoms with van der Waals surface area (Å²) in [5, 5.41) is 8.75. The second kappa shape index (κ2) is 5.21. The third-order valence-electron chi connectivity index (χ3n) is 2.22. The fraction of sp³-hybridized carbons (Fsp3) is 0.455. The molecule has 1 heterocycles. The van der Waals surface area contributed by atoms with Crippen molar-refractivity contribution in [2.24, 2.45) is 5.92 Å². The Morgan fingerprint density at radius 3 is 2.88 bits per heavy atom. The van der Waals surface area contributed by atoms with Crippen molar-refractivity contribution < 1.29 is 4.74 Å². The van der Waals surface area contributed by atoms with E-state index in [0.717, 1.165) is 0 Å². The van der Waals surface area contributed by atoms with Crippen molar-refractivity contribution in [3.63, 3.8) is 0 Å². The minimum absolute atomic E-state index is 0.0719. The molecule has 0 saturated carbocycles. The maximum Gasteiger partial charge on any atom is 0.215 e. The van der Waals surface area contributed by atoms with Gasteiger partial charge in [0.2, 0.25) is 5.88 Å². The Kier molecular flexibility index (Phi) is 3.95. The first-order valence-electron chi connectivity index (χ1n) is 4.99. The van der Waals surface area contributed by atoms with Crippen molar-refractivity contribution >= 4 is 11.5 Å². The lowest BCUT2D eigenvalue weighted by Crippen LogP contribution is -2.25. The third kappa shape index (κ3) is 2.76. The van der Waals surface area contributed by atoms with Gasteiger partial charge >= 0.3 is 0 Å². The van der Waals surface area contributed by atoms with Crippen LogP contribution in [0.1, 0.15) is 6.92 Å². The van der Waals surface area contributed by atoms with Crippen LogP contribution in [0.3, 0.4) is 0 Å². The van der Waals surface area contributed by atoms with Crippen LogP contribution in [0, 0.1) is 17.2 Å². The Morgan fingerprint density at radius 1 is 1.62 bits per heavy atom. The molecule has 1 rings (SSSR count). The molecule has 0 aliphatic rings. The largest absolute Gasteiger partial charge is 0.481 e.